The number of anilines is 3. The molecule has 150 valence electrons. The predicted octanol–water partition coefficient (Wildman–Crippen LogP) is 4.75. The van der Waals surface area contributed by atoms with Gasteiger partial charge >= 0.3 is 5.97 Å². The van der Waals surface area contributed by atoms with Gasteiger partial charge in [-0.2, -0.15) is 4.98 Å². The van der Waals surface area contributed by atoms with Gasteiger partial charge in [-0.05, 0) is 44.4 Å². The van der Waals surface area contributed by atoms with Crippen molar-refractivity contribution in [2.45, 2.75) is 26.7 Å². The maximum atomic E-state index is 12.2. The summed E-state index contributed by atoms with van der Waals surface area (Å²) in [5.74, 6) is 0.816. The summed E-state index contributed by atoms with van der Waals surface area (Å²) < 4.78 is 5.12. The first-order chi connectivity index (χ1) is 14.2. The molecule has 0 amide bonds. The molecule has 0 aliphatic carbocycles. The number of carbonyl (C=O) groups excluding carboxylic acids is 1. The van der Waals surface area contributed by atoms with Crippen LogP contribution in [-0.2, 0) is 11.2 Å². The van der Waals surface area contributed by atoms with Crippen molar-refractivity contribution in [1.29, 1.82) is 0 Å². The Balaban J connectivity index is 1.64. The Bertz CT molecular complexity index is 945. The smallest absolute Gasteiger partial charge is 0.340 e. The highest BCUT2D eigenvalue weighted by Gasteiger charge is 2.13. The highest BCUT2D eigenvalue weighted by Crippen LogP contribution is 2.21. The van der Waals surface area contributed by atoms with Crippen LogP contribution < -0.4 is 10.6 Å². The van der Waals surface area contributed by atoms with Crippen LogP contribution in [0.25, 0.3) is 0 Å². The number of hydrogen-bond acceptors (Lipinski definition) is 6. The zero-order valence-corrected chi connectivity index (χ0v) is 16.8. The average Bonchev–Trinajstić information content (AvgIpc) is 2.72. The lowest BCUT2D eigenvalue weighted by Crippen LogP contribution is -2.10. The van der Waals surface area contributed by atoms with Gasteiger partial charge in [-0.15, -0.1) is 0 Å². The topological polar surface area (TPSA) is 76.1 Å². The minimum Gasteiger partial charge on any atom is -0.462 e. The quantitative estimate of drug-likeness (QED) is 0.406. The lowest BCUT2D eigenvalue weighted by Gasteiger charge is -2.12. The fraction of sp³-hybridized carbons (Fsp3) is 0.261. The molecular weight excluding hydrogens is 364 g/mol. The molecule has 3 aromatic rings. The van der Waals surface area contributed by atoms with Crippen LogP contribution in [-0.4, -0.2) is 29.1 Å². The third-order valence-corrected chi connectivity index (χ3v) is 4.31. The van der Waals surface area contributed by atoms with Gasteiger partial charge in [-0.3, -0.25) is 0 Å². The number of rotatable bonds is 9. The molecule has 6 nitrogen and oxygen atoms in total. The largest absolute Gasteiger partial charge is 0.462 e. The summed E-state index contributed by atoms with van der Waals surface area (Å²) >= 11 is 0. The number of aryl methyl sites for hydroxylation is 2. The van der Waals surface area contributed by atoms with Crippen molar-refractivity contribution in [3.63, 3.8) is 0 Å². The Labute approximate surface area is 171 Å². The van der Waals surface area contributed by atoms with Gasteiger partial charge in [-0.1, -0.05) is 42.5 Å². The van der Waals surface area contributed by atoms with Gasteiger partial charge < -0.3 is 15.4 Å². The van der Waals surface area contributed by atoms with Crippen LogP contribution in [0.5, 0.6) is 0 Å². The molecule has 29 heavy (non-hydrogen) atoms. The average molecular weight is 390 g/mol. The lowest BCUT2D eigenvalue weighted by molar-refractivity contribution is 0.0527. The number of carbonyl (C=O) groups is 1. The molecule has 0 saturated heterocycles. The van der Waals surface area contributed by atoms with Crippen LogP contribution in [0, 0.1) is 6.92 Å². The first-order valence-electron chi connectivity index (χ1n) is 9.82. The second-order valence-electron chi connectivity index (χ2n) is 6.63. The number of nitrogens with zero attached hydrogens (tertiary/aromatic N) is 2. The first-order valence-corrected chi connectivity index (χ1v) is 9.82. The highest BCUT2D eigenvalue weighted by atomic mass is 16.5. The van der Waals surface area contributed by atoms with Gasteiger partial charge in [0.05, 0.1) is 17.9 Å². The Morgan fingerprint density at radius 3 is 2.59 bits per heavy atom. The van der Waals surface area contributed by atoms with Crippen LogP contribution in [0.4, 0.5) is 17.5 Å². The summed E-state index contributed by atoms with van der Waals surface area (Å²) in [5.41, 5.74) is 3.23. The third kappa shape index (κ3) is 6.04. The van der Waals surface area contributed by atoms with E-state index < -0.39 is 0 Å². The molecule has 1 heterocycles. The third-order valence-electron chi connectivity index (χ3n) is 4.31. The molecule has 0 saturated carbocycles. The second kappa shape index (κ2) is 10.2. The van der Waals surface area contributed by atoms with E-state index in [1.165, 1.54) is 5.56 Å². The van der Waals surface area contributed by atoms with E-state index in [-0.39, 0.29) is 5.97 Å². The number of nitrogens with one attached hydrogen (secondary N) is 2. The van der Waals surface area contributed by atoms with E-state index >= 15 is 0 Å². The number of para-hydroxylation sites is 1. The molecule has 0 radical (unpaired) electrons. The van der Waals surface area contributed by atoms with Crippen molar-refractivity contribution in [2.24, 2.45) is 0 Å². The molecule has 0 atom stereocenters. The molecule has 3 rings (SSSR count). The first kappa shape index (κ1) is 20.3. The Morgan fingerprint density at radius 1 is 1.03 bits per heavy atom. The van der Waals surface area contributed by atoms with E-state index in [0.29, 0.717) is 23.8 Å². The van der Waals surface area contributed by atoms with Crippen molar-refractivity contribution < 1.29 is 9.53 Å². The Morgan fingerprint density at radius 2 is 1.79 bits per heavy atom. The van der Waals surface area contributed by atoms with Gasteiger partial charge in [0, 0.05) is 18.3 Å². The standard InChI is InChI=1S/C23H26N4O2/c1-3-29-22(28)19-13-7-8-14-20(19)26-23-25-17(2)16-21(27-23)24-15-9-12-18-10-5-4-6-11-18/h4-8,10-11,13-14,16H,3,9,12,15H2,1-2H3,(H2,24,25,26,27). The Kier molecular flexibility index (Phi) is 7.16. The number of hydrogen-bond donors (Lipinski definition) is 2. The van der Waals surface area contributed by atoms with Crippen molar-refractivity contribution in [1.82, 2.24) is 9.97 Å². The highest BCUT2D eigenvalue weighted by molar-refractivity contribution is 5.96. The summed E-state index contributed by atoms with van der Waals surface area (Å²) in [6, 6.07) is 19.5. The van der Waals surface area contributed by atoms with Crippen LogP contribution in [0.2, 0.25) is 0 Å². The van der Waals surface area contributed by atoms with E-state index in [1.807, 2.05) is 31.2 Å². The maximum Gasteiger partial charge on any atom is 0.340 e. The molecule has 2 aromatic carbocycles. The zero-order valence-electron chi connectivity index (χ0n) is 16.8. The van der Waals surface area contributed by atoms with Crippen molar-refractivity contribution in [3.05, 3.63) is 77.5 Å². The molecule has 0 aliphatic heterocycles. The van der Waals surface area contributed by atoms with E-state index in [2.05, 4.69) is 44.9 Å². The lowest BCUT2D eigenvalue weighted by atomic mass is 10.1. The van der Waals surface area contributed by atoms with E-state index in [1.54, 1.807) is 19.1 Å². The molecular formula is C23H26N4O2. The van der Waals surface area contributed by atoms with Gasteiger partial charge in [-0.25, -0.2) is 9.78 Å². The number of esters is 1. The summed E-state index contributed by atoms with van der Waals surface area (Å²) in [4.78, 5) is 21.1. The molecule has 0 fully saturated rings. The van der Waals surface area contributed by atoms with Crippen LogP contribution >= 0.6 is 0 Å². The van der Waals surface area contributed by atoms with E-state index in [9.17, 15) is 4.79 Å². The minimum atomic E-state index is -0.373. The molecule has 0 bridgehead atoms. The molecule has 0 aliphatic rings. The van der Waals surface area contributed by atoms with Gasteiger partial charge in [0.2, 0.25) is 5.95 Å². The molecule has 2 N–H and O–H groups in total. The van der Waals surface area contributed by atoms with Crippen LogP contribution in [0.15, 0.2) is 60.7 Å². The van der Waals surface area contributed by atoms with Crippen LogP contribution in [0.1, 0.15) is 35.0 Å². The van der Waals surface area contributed by atoms with Crippen LogP contribution in [0.3, 0.4) is 0 Å². The van der Waals surface area contributed by atoms with Gasteiger partial charge in [0.15, 0.2) is 0 Å². The van der Waals surface area contributed by atoms with Crippen molar-refractivity contribution in [3.8, 4) is 0 Å². The minimum absolute atomic E-state index is 0.325. The predicted molar refractivity (Wildman–Crippen MR) is 116 cm³/mol. The number of benzene rings is 2. The second-order valence-corrected chi connectivity index (χ2v) is 6.63. The van der Waals surface area contributed by atoms with Gasteiger partial charge in [0.25, 0.3) is 0 Å². The zero-order chi connectivity index (χ0) is 20.5. The SMILES string of the molecule is CCOC(=O)c1ccccc1Nc1nc(C)cc(NCCCc2ccccc2)n1. The Hall–Kier alpha value is -3.41. The fourth-order valence-electron chi connectivity index (χ4n) is 2.97. The van der Waals surface area contributed by atoms with E-state index in [0.717, 1.165) is 30.9 Å². The summed E-state index contributed by atoms with van der Waals surface area (Å²) in [5, 5.41) is 6.50. The number of ether oxygens (including phenoxy) is 1. The van der Waals surface area contributed by atoms with Crippen molar-refractivity contribution in [2.75, 3.05) is 23.8 Å². The normalized spacial score (nSPS) is 10.4. The maximum absolute atomic E-state index is 12.2. The van der Waals surface area contributed by atoms with Gasteiger partial charge in [0.1, 0.15) is 5.82 Å². The molecule has 0 spiro atoms. The molecule has 0 unspecified atom stereocenters. The summed E-state index contributed by atoms with van der Waals surface area (Å²) in [7, 11) is 0. The fourth-order valence-corrected chi connectivity index (χ4v) is 2.97. The summed E-state index contributed by atoms with van der Waals surface area (Å²) in [6.45, 7) is 4.84. The monoisotopic (exact) mass is 390 g/mol. The van der Waals surface area contributed by atoms with E-state index in [4.69, 9.17) is 4.74 Å². The number of aromatic nitrogens is 2. The molecule has 1 aromatic heterocycles. The molecule has 6 heteroatoms. The van der Waals surface area contributed by atoms with Crippen molar-refractivity contribution >= 4 is 23.4 Å². The summed E-state index contributed by atoms with van der Waals surface area (Å²) in [6.07, 6.45) is 2.01.